The fraction of sp³-hybridized carbons (Fsp3) is 0.476. The molecule has 2 unspecified atom stereocenters. The van der Waals surface area contributed by atoms with Gasteiger partial charge in [0.25, 0.3) is 0 Å². The van der Waals surface area contributed by atoms with Crippen molar-refractivity contribution in [3.63, 3.8) is 0 Å². The Labute approximate surface area is 296 Å². The van der Waals surface area contributed by atoms with E-state index in [4.69, 9.17) is 9.47 Å². The average Bonchev–Trinajstić information content (AvgIpc) is 3.64. The molecule has 7 rings (SSSR count). The molecular weight excluding hydrogens is 624 g/mol. The number of hydrogen-bond donors (Lipinski definition) is 1. The van der Waals surface area contributed by atoms with E-state index in [1.165, 1.54) is 18.3 Å². The number of methoxy groups -OCH3 is 1. The van der Waals surface area contributed by atoms with Gasteiger partial charge in [0.15, 0.2) is 0 Å². The average molecular weight is 677 g/mol. The number of para-hydroxylation sites is 2. The summed E-state index contributed by atoms with van der Waals surface area (Å²) in [6.07, 6.45) is 11.4. The van der Waals surface area contributed by atoms with Crippen LogP contribution in [0.3, 0.4) is 0 Å². The monoisotopic (exact) mass is 676 g/mol. The van der Waals surface area contributed by atoms with Crippen LogP contribution < -0.4 is 9.64 Å². The standard InChI is InChI=1S/C42H52N4O4/c1-5-29-13-11-23-45(27-29)25-21-32-31-15-7-9-17-36(31)43-39(32)50-41(48)35-20-19-33(40(47)49-4)38-42(35,34-16-8-10-18-37(34)44(38)3)22-26-46-24-12-14-30(6-2)28-46/h7-10,13-18,35,43H,5-6,11-12,19-28H2,1-4H3. The van der Waals surface area contributed by atoms with Crippen LogP contribution in [0.5, 0.6) is 5.88 Å². The molecule has 1 N–H and O–H groups in total. The van der Waals surface area contributed by atoms with Gasteiger partial charge in [0.2, 0.25) is 5.88 Å². The maximum atomic E-state index is 14.9. The third-order valence-corrected chi connectivity index (χ3v) is 11.8. The first kappa shape index (κ1) is 34.3. The van der Waals surface area contributed by atoms with Gasteiger partial charge in [0.05, 0.1) is 24.0 Å². The third kappa shape index (κ3) is 6.21. The fourth-order valence-electron chi connectivity index (χ4n) is 9.18. The van der Waals surface area contributed by atoms with E-state index >= 15 is 0 Å². The van der Waals surface area contributed by atoms with Crippen molar-refractivity contribution in [2.24, 2.45) is 5.92 Å². The van der Waals surface area contributed by atoms with Crippen LogP contribution in [0.4, 0.5) is 5.69 Å². The van der Waals surface area contributed by atoms with Gasteiger partial charge in [0.1, 0.15) is 0 Å². The Morgan fingerprint density at radius 2 is 1.60 bits per heavy atom. The number of aromatic amines is 1. The summed E-state index contributed by atoms with van der Waals surface area (Å²) < 4.78 is 12.0. The highest BCUT2D eigenvalue weighted by Gasteiger charge is 2.58. The minimum absolute atomic E-state index is 0.244. The summed E-state index contributed by atoms with van der Waals surface area (Å²) in [5.41, 5.74) is 7.92. The molecule has 0 amide bonds. The molecule has 4 heterocycles. The number of fused-ring (bicyclic) bond motifs is 4. The molecule has 4 aliphatic rings. The zero-order valence-corrected chi connectivity index (χ0v) is 30.2. The van der Waals surface area contributed by atoms with E-state index in [0.29, 0.717) is 30.7 Å². The van der Waals surface area contributed by atoms with E-state index < -0.39 is 11.3 Å². The van der Waals surface area contributed by atoms with Gasteiger partial charge in [-0.05, 0) is 75.6 Å². The lowest BCUT2D eigenvalue weighted by Crippen LogP contribution is -2.49. The Morgan fingerprint density at radius 3 is 2.32 bits per heavy atom. The zero-order chi connectivity index (χ0) is 34.8. The number of nitrogens with zero attached hydrogens (tertiary/aromatic N) is 3. The van der Waals surface area contributed by atoms with Gasteiger partial charge in [-0.15, -0.1) is 0 Å². The summed E-state index contributed by atoms with van der Waals surface area (Å²) in [6.45, 7) is 10.1. The van der Waals surface area contributed by atoms with Gasteiger partial charge >= 0.3 is 11.9 Å². The van der Waals surface area contributed by atoms with Crippen molar-refractivity contribution in [1.82, 2.24) is 14.8 Å². The van der Waals surface area contributed by atoms with Gasteiger partial charge in [-0.1, -0.05) is 73.5 Å². The largest absolute Gasteiger partial charge is 0.466 e. The number of hydrogen-bond acceptors (Lipinski definition) is 7. The molecule has 1 aliphatic carbocycles. The third-order valence-electron chi connectivity index (χ3n) is 11.8. The molecule has 0 bridgehead atoms. The normalized spacial score (nSPS) is 22.6. The van der Waals surface area contributed by atoms with Gasteiger partial charge in [-0.2, -0.15) is 0 Å². The molecule has 0 fully saturated rings. The highest BCUT2D eigenvalue weighted by Crippen LogP contribution is 2.59. The molecule has 8 nitrogen and oxygen atoms in total. The molecule has 0 saturated heterocycles. The number of esters is 2. The highest BCUT2D eigenvalue weighted by molar-refractivity contribution is 5.95. The molecule has 1 aromatic heterocycles. The maximum absolute atomic E-state index is 14.9. The number of carbonyl (C=O) groups excluding carboxylic acids is 2. The predicted octanol–water partition coefficient (Wildman–Crippen LogP) is 7.32. The van der Waals surface area contributed by atoms with Crippen LogP contribution in [-0.2, 0) is 26.2 Å². The van der Waals surface area contributed by atoms with Crippen LogP contribution in [0.25, 0.3) is 10.9 Å². The molecule has 0 spiro atoms. The van der Waals surface area contributed by atoms with Crippen LogP contribution >= 0.6 is 0 Å². The number of carbonyl (C=O) groups is 2. The van der Waals surface area contributed by atoms with Crippen molar-refractivity contribution in [3.05, 3.63) is 94.2 Å². The smallest absolute Gasteiger partial charge is 0.335 e. The second kappa shape index (κ2) is 14.6. The molecular formula is C42H52N4O4. The lowest BCUT2D eigenvalue weighted by Gasteiger charge is -2.44. The topological polar surface area (TPSA) is 78.1 Å². The zero-order valence-electron chi connectivity index (χ0n) is 30.2. The Bertz CT molecular complexity index is 1850. The Morgan fingerprint density at radius 1 is 0.920 bits per heavy atom. The minimum Gasteiger partial charge on any atom is -0.466 e. The lowest BCUT2D eigenvalue weighted by atomic mass is 9.61. The fourth-order valence-corrected chi connectivity index (χ4v) is 9.18. The van der Waals surface area contributed by atoms with Crippen LogP contribution in [0.15, 0.2) is 83.1 Å². The number of benzene rings is 2. The van der Waals surface area contributed by atoms with Crippen LogP contribution in [-0.4, -0.2) is 80.1 Å². The molecule has 264 valence electrons. The molecule has 8 heteroatoms. The van der Waals surface area contributed by atoms with Gasteiger partial charge in [0, 0.05) is 67.6 Å². The van der Waals surface area contributed by atoms with Gasteiger partial charge in [-0.3, -0.25) is 14.6 Å². The quantitative estimate of drug-likeness (QED) is 0.169. The number of nitrogens with one attached hydrogen (secondary N) is 1. The number of aromatic nitrogens is 1. The van der Waals surface area contributed by atoms with E-state index in [-0.39, 0.29) is 11.9 Å². The molecule has 50 heavy (non-hydrogen) atoms. The molecule has 0 radical (unpaired) electrons. The van der Waals surface area contributed by atoms with E-state index in [2.05, 4.69) is 82.1 Å². The highest BCUT2D eigenvalue weighted by atomic mass is 16.5. The summed E-state index contributed by atoms with van der Waals surface area (Å²) >= 11 is 0. The number of H-pyrrole nitrogens is 1. The first-order valence-electron chi connectivity index (χ1n) is 18.6. The van der Waals surface area contributed by atoms with Crippen molar-refractivity contribution >= 4 is 28.5 Å². The van der Waals surface area contributed by atoms with Gasteiger partial charge < -0.3 is 19.4 Å². The number of likely N-dealkylation sites (N-methyl/N-ethyl adjacent to an activating group) is 1. The SMILES string of the molecule is CCC1=CCCN(CCc2c(OC(=O)C3CCC(C(=O)OC)=C4N(C)c5ccccc5C43CCN3CCC=C(CC)C3)[nH]c3ccccc23)C1. The Kier molecular flexibility index (Phi) is 10.0. The van der Waals surface area contributed by atoms with Crippen molar-refractivity contribution in [3.8, 4) is 5.88 Å². The van der Waals surface area contributed by atoms with E-state index in [1.54, 1.807) is 0 Å². The molecule has 3 aromatic rings. The molecule has 2 aromatic carbocycles. The first-order chi connectivity index (χ1) is 24.4. The molecule has 0 saturated carbocycles. The maximum Gasteiger partial charge on any atom is 0.335 e. The van der Waals surface area contributed by atoms with Gasteiger partial charge in [-0.25, -0.2) is 4.79 Å². The van der Waals surface area contributed by atoms with Crippen molar-refractivity contribution in [1.29, 1.82) is 0 Å². The molecule has 3 aliphatic heterocycles. The van der Waals surface area contributed by atoms with Crippen molar-refractivity contribution in [2.75, 3.05) is 58.3 Å². The Hall–Kier alpha value is -4.14. The van der Waals surface area contributed by atoms with E-state index in [0.717, 1.165) is 105 Å². The lowest BCUT2D eigenvalue weighted by molar-refractivity contribution is -0.143. The second-order valence-electron chi connectivity index (χ2n) is 14.4. The summed E-state index contributed by atoms with van der Waals surface area (Å²) in [5, 5.41) is 1.10. The van der Waals surface area contributed by atoms with Crippen molar-refractivity contribution in [2.45, 2.75) is 70.6 Å². The van der Waals surface area contributed by atoms with Crippen LogP contribution in [0.2, 0.25) is 0 Å². The summed E-state index contributed by atoms with van der Waals surface area (Å²) in [6, 6.07) is 16.6. The first-order valence-corrected chi connectivity index (χ1v) is 18.6. The number of ether oxygens (including phenoxy) is 2. The number of allylic oxidation sites excluding steroid dienone is 1. The number of rotatable bonds is 11. The minimum atomic E-state index is -0.736. The number of anilines is 1. The second-order valence-corrected chi connectivity index (χ2v) is 14.4. The molecule has 2 atom stereocenters. The van der Waals surface area contributed by atoms with E-state index in [9.17, 15) is 9.59 Å². The summed E-state index contributed by atoms with van der Waals surface area (Å²) in [5.74, 6) is -0.498. The summed E-state index contributed by atoms with van der Waals surface area (Å²) in [7, 11) is 3.48. The van der Waals surface area contributed by atoms with E-state index in [1.807, 2.05) is 19.2 Å². The predicted molar refractivity (Wildman–Crippen MR) is 199 cm³/mol. The van der Waals surface area contributed by atoms with Crippen LogP contribution in [0, 0.1) is 5.92 Å². The van der Waals surface area contributed by atoms with Crippen LogP contribution in [0.1, 0.15) is 69.9 Å². The summed E-state index contributed by atoms with van der Waals surface area (Å²) in [4.78, 5) is 39.0. The van der Waals surface area contributed by atoms with Crippen molar-refractivity contribution < 1.29 is 19.1 Å². The Balaban J connectivity index is 1.25.